The zero-order valence-corrected chi connectivity index (χ0v) is 13.3. The largest absolute Gasteiger partial charge is 0.361 e. The molecule has 5 nitrogen and oxygen atoms in total. The molecule has 2 fully saturated rings. The van der Waals surface area contributed by atoms with Crippen molar-refractivity contribution in [2.45, 2.75) is 58.0 Å². The molecule has 0 bridgehead atoms. The molecular formula is C16H25N3O2. The molecule has 0 saturated carbocycles. The zero-order valence-electron chi connectivity index (χ0n) is 13.3. The number of aromatic nitrogens is 1. The van der Waals surface area contributed by atoms with Gasteiger partial charge in [0.15, 0.2) is 0 Å². The maximum absolute atomic E-state index is 12.1. The topological polar surface area (TPSA) is 49.6 Å². The smallest absolute Gasteiger partial charge is 0.222 e. The van der Waals surface area contributed by atoms with E-state index in [9.17, 15) is 4.79 Å². The van der Waals surface area contributed by atoms with Gasteiger partial charge in [-0.2, -0.15) is 0 Å². The quantitative estimate of drug-likeness (QED) is 0.838. The van der Waals surface area contributed by atoms with Gasteiger partial charge in [0.1, 0.15) is 5.76 Å². The van der Waals surface area contributed by atoms with E-state index >= 15 is 0 Å². The molecule has 3 heterocycles. The van der Waals surface area contributed by atoms with Crippen molar-refractivity contribution in [1.29, 1.82) is 0 Å². The fraction of sp³-hybridized carbons (Fsp3) is 0.750. The van der Waals surface area contributed by atoms with Crippen LogP contribution < -0.4 is 0 Å². The summed E-state index contributed by atoms with van der Waals surface area (Å²) in [5.74, 6) is 1.22. The van der Waals surface area contributed by atoms with Crippen LogP contribution in [0.1, 0.15) is 49.1 Å². The number of piperidine rings is 2. The lowest BCUT2D eigenvalue weighted by molar-refractivity contribution is -0.143. The summed E-state index contributed by atoms with van der Waals surface area (Å²) in [7, 11) is 1.99. The molecule has 0 radical (unpaired) electrons. The van der Waals surface area contributed by atoms with Crippen LogP contribution in [0.2, 0.25) is 0 Å². The molecule has 1 unspecified atom stereocenters. The van der Waals surface area contributed by atoms with E-state index in [4.69, 9.17) is 4.52 Å². The number of hydrogen-bond donors (Lipinski definition) is 0. The van der Waals surface area contributed by atoms with Crippen LogP contribution >= 0.6 is 0 Å². The average molecular weight is 291 g/mol. The highest BCUT2D eigenvalue weighted by Gasteiger charge is 2.43. The Balaban J connectivity index is 1.75. The molecular weight excluding hydrogens is 266 g/mol. The highest BCUT2D eigenvalue weighted by Crippen LogP contribution is 2.36. The van der Waals surface area contributed by atoms with Crippen molar-refractivity contribution in [3.63, 3.8) is 0 Å². The summed E-state index contributed by atoms with van der Waals surface area (Å²) < 4.78 is 5.27. The van der Waals surface area contributed by atoms with Gasteiger partial charge in [-0.3, -0.25) is 9.69 Å². The number of rotatable bonds is 2. The first-order chi connectivity index (χ1) is 10.0. The first-order valence-corrected chi connectivity index (χ1v) is 7.93. The van der Waals surface area contributed by atoms with Crippen molar-refractivity contribution in [2.24, 2.45) is 0 Å². The van der Waals surface area contributed by atoms with E-state index in [0.29, 0.717) is 12.3 Å². The first-order valence-electron chi connectivity index (χ1n) is 7.93. The highest BCUT2D eigenvalue weighted by molar-refractivity contribution is 5.77. The van der Waals surface area contributed by atoms with E-state index in [-0.39, 0.29) is 5.54 Å². The first kappa shape index (κ1) is 14.6. The van der Waals surface area contributed by atoms with Gasteiger partial charge < -0.3 is 9.42 Å². The molecule has 1 atom stereocenters. The van der Waals surface area contributed by atoms with E-state index in [2.05, 4.69) is 10.1 Å². The van der Waals surface area contributed by atoms with Gasteiger partial charge in [-0.1, -0.05) is 5.16 Å². The average Bonchev–Trinajstić information content (AvgIpc) is 2.77. The summed E-state index contributed by atoms with van der Waals surface area (Å²) in [6.45, 7) is 6.92. The molecule has 2 aliphatic heterocycles. The van der Waals surface area contributed by atoms with Gasteiger partial charge in [-0.15, -0.1) is 0 Å². The second-order valence-corrected chi connectivity index (χ2v) is 6.65. The maximum atomic E-state index is 12.1. The van der Waals surface area contributed by atoms with Gasteiger partial charge in [0.2, 0.25) is 5.91 Å². The van der Waals surface area contributed by atoms with Gasteiger partial charge in [-0.05, 0) is 46.1 Å². The predicted molar refractivity (Wildman–Crippen MR) is 79.8 cm³/mol. The van der Waals surface area contributed by atoms with Gasteiger partial charge in [0.25, 0.3) is 0 Å². The minimum atomic E-state index is 0.0482. The molecule has 5 heteroatoms. The third kappa shape index (κ3) is 2.59. The summed E-state index contributed by atoms with van der Waals surface area (Å²) in [6, 6.07) is 0. The van der Waals surface area contributed by atoms with Gasteiger partial charge in [0.05, 0.1) is 11.2 Å². The third-order valence-corrected chi connectivity index (χ3v) is 5.32. The van der Waals surface area contributed by atoms with Gasteiger partial charge in [-0.25, -0.2) is 0 Å². The molecule has 0 aromatic carbocycles. The van der Waals surface area contributed by atoms with Crippen LogP contribution in [0, 0.1) is 13.8 Å². The Bertz CT molecular complexity index is 516. The Hall–Kier alpha value is -1.36. The van der Waals surface area contributed by atoms with E-state index in [1.54, 1.807) is 0 Å². The van der Waals surface area contributed by atoms with E-state index in [1.165, 1.54) is 5.56 Å². The second-order valence-electron chi connectivity index (χ2n) is 6.65. The number of hydrogen-bond acceptors (Lipinski definition) is 4. The fourth-order valence-electron chi connectivity index (χ4n) is 3.94. The Morgan fingerprint density at radius 2 is 2.05 bits per heavy atom. The van der Waals surface area contributed by atoms with Crippen molar-refractivity contribution in [3.05, 3.63) is 17.0 Å². The maximum Gasteiger partial charge on any atom is 0.222 e. The SMILES string of the molecule is Cc1noc(C)c1CN1CCCC2(CCCC(=O)N2C)C1. The van der Waals surface area contributed by atoms with Crippen LogP contribution in [0.3, 0.4) is 0 Å². The summed E-state index contributed by atoms with van der Waals surface area (Å²) in [5.41, 5.74) is 2.24. The number of likely N-dealkylation sites (N-methyl/N-ethyl adjacent to an activating group) is 1. The molecule has 2 aliphatic rings. The lowest BCUT2D eigenvalue weighted by atomic mass is 9.80. The molecule has 0 N–H and O–H groups in total. The minimum absolute atomic E-state index is 0.0482. The highest BCUT2D eigenvalue weighted by atomic mass is 16.5. The fourth-order valence-corrected chi connectivity index (χ4v) is 3.94. The van der Waals surface area contributed by atoms with Crippen molar-refractivity contribution < 1.29 is 9.32 Å². The Morgan fingerprint density at radius 1 is 1.29 bits per heavy atom. The predicted octanol–water partition coefficient (Wildman–Crippen LogP) is 2.27. The van der Waals surface area contributed by atoms with E-state index in [0.717, 1.165) is 56.8 Å². The zero-order chi connectivity index (χ0) is 15.0. The molecule has 3 rings (SSSR count). The lowest BCUT2D eigenvalue weighted by Crippen LogP contribution is -2.60. The summed E-state index contributed by atoms with van der Waals surface area (Å²) in [4.78, 5) is 16.6. The summed E-state index contributed by atoms with van der Waals surface area (Å²) >= 11 is 0. The number of carbonyl (C=O) groups is 1. The van der Waals surface area contributed by atoms with Crippen LogP contribution in [-0.4, -0.2) is 46.5 Å². The minimum Gasteiger partial charge on any atom is -0.361 e. The number of amides is 1. The van der Waals surface area contributed by atoms with Crippen LogP contribution in [0.15, 0.2) is 4.52 Å². The van der Waals surface area contributed by atoms with Gasteiger partial charge >= 0.3 is 0 Å². The lowest BCUT2D eigenvalue weighted by Gasteiger charge is -2.50. The van der Waals surface area contributed by atoms with Crippen LogP contribution in [0.5, 0.6) is 0 Å². The molecule has 2 saturated heterocycles. The molecule has 1 aromatic rings. The molecule has 116 valence electrons. The summed E-state index contributed by atoms with van der Waals surface area (Å²) in [5, 5.41) is 4.05. The van der Waals surface area contributed by atoms with Crippen molar-refractivity contribution in [2.75, 3.05) is 20.1 Å². The Labute approximate surface area is 126 Å². The van der Waals surface area contributed by atoms with Crippen LogP contribution in [0.25, 0.3) is 0 Å². The van der Waals surface area contributed by atoms with Crippen molar-refractivity contribution in [3.8, 4) is 0 Å². The number of likely N-dealkylation sites (tertiary alicyclic amines) is 2. The number of nitrogens with zero attached hydrogens (tertiary/aromatic N) is 3. The normalized spacial score (nSPS) is 27.6. The van der Waals surface area contributed by atoms with Crippen molar-refractivity contribution >= 4 is 5.91 Å². The molecule has 1 amide bonds. The standard InChI is InChI=1S/C16H25N3O2/c1-12-14(13(2)21-17-12)10-19-9-5-8-16(11-19)7-4-6-15(20)18(16)3/h4-11H2,1-3H3. The third-order valence-electron chi connectivity index (χ3n) is 5.32. The van der Waals surface area contributed by atoms with E-state index < -0.39 is 0 Å². The monoisotopic (exact) mass is 291 g/mol. The van der Waals surface area contributed by atoms with E-state index in [1.807, 2.05) is 25.8 Å². The molecule has 0 aliphatic carbocycles. The molecule has 1 aromatic heterocycles. The number of carbonyl (C=O) groups excluding carboxylic acids is 1. The Kier molecular flexibility index (Phi) is 3.78. The van der Waals surface area contributed by atoms with Crippen molar-refractivity contribution in [1.82, 2.24) is 15.0 Å². The summed E-state index contributed by atoms with van der Waals surface area (Å²) in [6.07, 6.45) is 5.16. The van der Waals surface area contributed by atoms with Gasteiger partial charge in [0, 0.05) is 32.1 Å². The number of aryl methyl sites for hydroxylation is 2. The Morgan fingerprint density at radius 3 is 2.76 bits per heavy atom. The van der Waals surface area contributed by atoms with Crippen LogP contribution in [0.4, 0.5) is 0 Å². The van der Waals surface area contributed by atoms with Crippen LogP contribution in [-0.2, 0) is 11.3 Å². The molecule has 21 heavy (non-hydrogen) atoms. The second kappa shape index (κ2) is 5.44. The molecule has 1 spiro atoms.